The lowest BCUT2D eigenvalue weighted by atomic mass is 9.78. The van der Waals surface area contributed by atoms with E-state index in [0.717, 1.165) is 29.5 Å². The van der Waals surface area contributed by atoms with Gasteiger partial charge in [-0.3, -0.25) is 4.79 Å². The Labute approximate surface area is 135 Å². The largest absolute Gasteiger partial charge is 0.507 e. The molecule has 2 aliphatic carbocycles. The van der Waals surface area contributed by atoms with Crippen molar-refractivity contribution >= 4 is 5.78 Å². The molecule has 2 N–H and O–H groups in total. The summed E-state index contributed by atoms with van der Waals surface area (Å²) in [4.78, 5) is 12.9. The standard InChI is InChI=1S/C20H20O3/c21-16-8-4-7-13-11-14-9-10-15(12-5-2-1-3-6-12)19(22)18(14)20(23)17(13)16/h4,7-10,12,21-22H,1-3,5-6,11H2. The van der Waals surface area contributed by atoms with Gasteiger partial charge in [0.15, 0.2) is 0 Å². The molecular formula is C20H20O3. The number of phenolic OH excluding ortho intramolecular Hbond substituents is 2. The van der Waals surface area contributed by atoms with Crippen molar-refractivity contribution in [3.63, 3.8) is 0 Å². The molecule has 0 spiro atoms. The molecule has 0 unspecified atom stereocenters. The molecule has 2 aliphatic rings. The molecule has 2 aromatic carbocycles. The molecule has 0 radical (unpaired) electrons. The van der Waals surface area contributed by atoms with Gasteiger partial charge in [-0.2, -0.15) is 0 Å². The molecule has 0 heterocycles. The molecule has 3 nitrogen and oxygen atoms in total. The average molecular weight is 308 g/mol. The van der Waals surface area contributed by atoms with Crippen LogP contribution in [-0.4, -0.2) is 16.0 Å². The van der Waals surface area contributed by atoms with Gasteiger partial charge in [-0.25, -0.2) is 0 Å². The smallest absolute Gasteiger partial charge is 0.201 e. The molecule has 0 bridgehead atoms. The van der Waals surface area contributed by atoms with Crippen LogP contribution in [0.4, 0.5) is 0 Å². The Kier molecular flexibility index (Phi) is 3.37. The maximum Gasteiger partial charge on any atom is 0.201 e. The minimum absolute atomic E-state index is 0.000574. The van der Waals surface area contributed by atoms with Crippen LogP contribution in [0.2, 0.25) is 0 Å². The fourth-order valence-electron chi connectivity index (χ4n) is 4.12. The summed E-state index contributed by atoms with van der Waals surface area (Å²) in [6, 6.07) is 9.11. The second-order valence-electron chi connectivity index (χ2n) is 6.69. The van der Waals surface area contributed by atoms with E-state index in [9.17, 15) is 15.0 Å². The third-order valence-corrected chi connectivity index (χ3v) is 5.30. The summed E-state index contributed by atoms with van der Waals surface area (Å²) in [5.74, 6) is 0.219. The van der Waals surface area contributed by atoms with Gasteiger partial charge in [0.1, 0.15) is 11.5 Å². The van der Waals surface area contributed by atoms with E-state index in [-0.39, 0.29) is 17.3 Å². The van der Waals surface area contributed by atoms with Crippen molar-refractivity contribution in [1.82, 2.24) is 0 Å². The highest BCUT2D eigenvalue weighted by Gasteiger charge is 2.31. The Morgan fingerprint density at radius 1 is 0.870 bits per heavy atom. The summed E-state index contributed by atoms with van der Waals surface area (Å²) in [6.45, 7) is 0. The van der Waals surface area contributed by atoms with Gasteiger partial charge in [-0.05, 0) is 47.9 Å². The molecule has 118 valence electrons. The Bertz CT molecular complexity index is 786. The molecular weight excluding hydrogens is 288 g/mol. The highest BCUT2D eigenvalue weighted by Crippen LogP contribution is 2.43. The summed E-state index contributed by atoms with van der Waals surface area (Å²) in [6.07, 6.45) is 6.33. The number of carbonyl (C=O) groups excluding carboxylic acids is 1. The highest BCUT2D eigenvalue weighted by molar-refractivity contribution is 6.15. The van der Waals surface area contributed by atoms with Crippen LogP contribution in [-0.2, 0) is 6.42 Å². The van der Waals surface area contributed by atoms with E-state index in [1.165, 1.54) is 25.3 Å². The lowest BCUT2D eigenvalue weighted by Gasteiger charge is -2.26. The first-order chi connectivity index (χ1) is 11.2. The summed E-state index contributed by atoms with van der Waals surface area (Å²) in [7, 11) is 0. The number of ketones is 1. The van der Waals surface area contributed by atoms with Crippen molar-refractivity contribution in [2.75, 3.05) is 0 Å². The van der Waals surface area contributed by atoms with E-state index >= 15 is 0 Å². The van der Waals surface area contributed by atoms with E-state index in [1.54, 1.807) is 6.07 Å². The van der Waals surface area contributed by atoms with E-state index < -0.39 is 0 Å². The second-order valence-corrected chi connectivity index (χ2v) is 6.69. The Morgan fingerprint density at radius 2 is 1.61 bits per heavy atom. The van der Waals surface area contributed by atoms with Gasteiger partial charge in [-0.1, -0.05) is 43.5 Å². The number of benzene rings is 2. The van der Waals surface area contributed by atoms with Gasteiger partial charge in [0.2, 0.25) is 5.78 Å². The first-order valence-corrected chi connectivity index (χ1v) is 8.37. The van der Waals surface area contributed by atoms with Crippen LogP contribution < -0.4 is 0 Å². The van der Waals surface area contributed by atoms with Crippen molar-refractivity contribution < 1.29 is 15.0 Å². The molecule has 0 aromatic heterocycles. The van der Waals surface area contributed by atoms with Gasteiger partial charge in [0, 0.05) is 0 Å². The number of aromatic hydroxyl groups is 2. The minimum atomic E-state index is -0.255. The summed E-state index contributed by atoms with van der Waals surface area (Å²) in [5, 5.41) is 20.8. The molecule has 2 aromatic rings. The molecule has 1 fully saturated rings. The number of rotatable bonds is 1. The van der Waals surface area contributed by atoms with Crippen LogP contribution in [0.5, 0.6) is 11.5 Å². The topological polar surface area (TPSA) is 57.5 Å². The summed E-state index contributed by atoms with van der Waals surface area (Å²) < 4.78 is 0. The lowest BCUT2D eigenvalue weighted by molar-refractivity contribution is 0.102. The minimum Gasteiger partial charge on any atom is -0.507 e. The van der Waals surface area contributed by atoms with Gasteiger partial charge >= 0.3 is 0 Å². The fourth-order valence-corrected chi connectivity index (χ4v) is 4.12. The Morgan fingerprint density at radius 3 is 2.39 bits per heavy atom. The fraction of sp³-hybridized carbons (Fsp3) is 0.350. The second kappa shape index (κ2) is 5.41. The van der Waals surface area contributed by atoms with Gasteiger partial charge < -0.3 is 10.2 Å². The van der Waals surface area contributed by atoms with Crippen molar-refractivity contribution in [3.05, 3.63) is 58.1 Å². The molecule has 23 heavy (non-hydrogen) atoms. The molecule has 3 heteroatoms. The van der Waals surface area contributed by atoms with Gasteiger partial charge in [0.25, 0.3) is 0 Å². The zero-order valence-electron chi connectivity index (χ0n) is 13.0. The van der Waals surface area contributed by atoms with Crippen LogP contribution in [0.25, 0.3) is 0 Å². The number of carbonyl (C=O) groups is 1. The average Bonchev–Trinajstić information content (AvgIpc) is 2.56. The third kappa shape index (κ3) is 2.23. The summed E-state index contributed by atoms with van der Waals surface area (Å²) >= 11 is 0. The molecule has 0 amide bonds. The maximum atomic E-state index is 12.9. The zero-order chi connectivity index (χ0) is 16.0. The number of fused-ring (bicyclic) bond motifs is 2. The molecule has 0 aliphatic heterocycles. The zero-order valence-corrected chi connectivity index (χ0v) is 13.0. The van der Waals surface area contributed by atoms with Crippen molar-refractivity contribution in [2.24, 2.45) is 0 Å². The normalized spacial score (nSPS) is 17.7. The lowest BCUT2D eigenvalue weighted by Crippen LogP contribution is -2.17. The van der Waals surface area contributed by atoms with Gasteiger partial charge in [-0.15, -0.1) is 0 Å². The summed E-state index contributed by atoms with van der Waals surface area (Å²) in [5.41, 5.74) is 3.31. The molecule has 0 atom stereocenters. The maximum absolute atomic E-state index is 12.9. The highest BCUT2D eigenvalue weighted by atomic mass is 16.3. The number of hydrogen-bond donors (Lipinski definition) is 2. The number of phenols is 2. The van der Waals surface area contributed by atoms with Crippen LogP contribution in [0, 0.1) is 0 Å². The predicted molar refractivity (Wildman–Crippen MR) is 88.3 cm³/mol. The van der Waals surface area contributed by atoms with Crippen molar-refractivity contribution in [3.8, 4) is 11.5 Å². The van der Waals surface area contributed by atoms with E-state index in [2.05, 4.69) is 0 Å². The first kappa shape index (κ1) is 14.3. The molecule has 4 rings (SSSR count). The third-order valence-electron chi connectivity index (χ3n) is 5.30. The Hall–Kier alpha value is -2.29. The predicted octanol–water partition coefficient (Wildman–Crippen LogP) is 4.28. The Balaban J connectivity index is 1.82. The van der Waals surface area contributed by atoms with E-state index in [1.807, 2.05) is 18.2 Å². The van der Waals surface area contributed by atoms with Crippen molar-refractivity contribution in [2.45, 2.75) is 44.4 Å². The van der Waals surface area contributed by atoms with Crippen LogP contribution in [0.15, 0.2) is 30.3 Å². The quantitative estimate of drug-likeness (QED) is 0.705. The monoisotopic (exact) mass is 308 g/mol. The van der Waals surface area contributed by atoms with Crippen LogP contribution in [0.1, 0.15) is 70.6 Å². The SMILES string of the molecule is O=C1c2c(O)cccc2Cc2ccc(C3CCCCC3)c(O)c21. The van der Waals surface area contributed by atoms with Crippen LogP contribution >= 0.6 is 0 Å². The van der Waals surface area contributed by atoms with Crippen LogP contribution in [0.3, 0.4) is 0 Å². The van der Waals surface area contributed by atoms with E-state index in [0.29, 0.717) is 23.5 Å². The number of hydrogen-bond acceptors (Lipinski definition) is 3. The molecule has 0 saturated heterocycles. The van der Waals surface area contributed by atoms with Crippen molar-refractivity contribution in [1.29, 1.82) is 0 Å². The first-order valence-electron chi connectivity index (χ1n) is 8.37. The van der Waals surface area contributed by atoms with E-state index in [4.69, 9.17) is 0 Å². The van der Waals surface area contributed by atoms with Gasteiger partial charge in [0.05, 0.1) is 11.1 Å². The molecule has 1 saturated carbocycles.